The van der Waals surface area contributed by atoms with Gasteiger partial charge in [0.2, 0.25) is 0 Å². The van der Waals surface area contributed by atoms with Crippen molar-refractivity contribution < 1.29 is 22.7 Å². The maximum atomic E-state index is 12.9. The zero-order valence-electron chi connectivity index (χ0n) is 16.1. The summed E-state index contributed by atoms with van der Waals surface area (Å²) >= 11 is 0. The lowest BCUT2D eigenvalue weighted by Gasteiger charge is -2.27. The molecule has 1 heterocycles. The van der Waals surface area contributed by atoms with E-state index in [1.807, 2.05) is 6.92 Å². The number of ether oxygens (including phenoxy) is 2. The number of hydrogen-bond donors (Lipinski definition) is 0. The smallest absolute Gasteiger partial charge is 0.355 e. The Morgan fingerprint density at radius 2 is 1.93 bits per heavy atom. The lowest BCUT2D eigenvalue weighted by Crippen LogP contribution is -2.38. The van der Waals surface area contributed by atoms with Gasteiger partial charge in [-0.15, -0.1) is 4.40 Å². The number of nitrogens with zero attached hydrogens (tertiary/aromatic N) is 2. The van der Waals surface area contributed by atoms with Gasteiger partial charge in [0.1, 0.15) is 11.4 Å². The van der Waals surface area contributed by atoms with Crippen LogP contribution in [0.5, 0.6) is 5.75 Å². The molecule has 3 aliphatic rings. The van der Waals surface area contributed by atoms with Crippen molar-refractivity contribution in [1.82, 2.24) is 4.31 Å². The van der Waals surface area contributed by atoms with Crippen molar-refractivity contribution in [2.24, 2.45) is 16.2 Å². The van der Waals surface area contributed by atoms with E-state index in [4.69, 9.17) is 9.47 Å². The highest BCUT2D eigenvalue weighted by Crippen LogP contribution is 2.34. The van der Waals surface area contributed by atoms with Crippen molar-refractivity contribution >= 4 is 21.9 Å². The van der Waals surface area contributed by atoms with Gasteiger partial charge < -0.3 is 9.47 Å². The number of carbonyl (C=O) groups excluding carboxylic acids is 1. The van der Waals surface area contributed by atoms with E-state index in [0.29, 0.717) is 23.8 Å². The highest BCUT2D eigenvalue weighted by Gasteiger charge is 2.38. The average Bonchev–Trinajstić information content (AvgIpc) is 3.55. The number of esters is 1. The lowest BCUT2D eigenvalue weighted by molar-refractivity contribution is -0.140. The van der Waals surface area contributed by atoms with Crippen LogP contribution in [0.2, 0.25) is 0 Å². The summed E-state index contributed by atoms with van der Waals surface area (Å²) in [7, 11) is -2.42. The van der Waals surface area contributed by atoms with Crippen molar-refractivity contribution in [3.63, 3.8) is 0 Å². The SMILES string of the molecule is COc1ccc(C2=NS(=O)(=O)N(CC3CC3)C(C(=O)OCC3CC3)=C2)cc1C. The van der Waals surface area contributed by atoms with Crippen LogP contribution in [0, 0.1) is 18.8 Å². The fourth-order valence-electron chi connectivity index (χ4n) is 3.14. The van der Waals surface area contributed by atoms with E-state index in [1.54, 1.807) is 25.3 Å². The second kappa shape index (κ2) is 7.24. The highest BCUT2D eigenvalue weighted by molar-refractivity contribution is 7.88. The Kier molecular flexibility index (Phi) is 4.91. The molecule has 0 unspecified atom stereocenters. The Bertz CT molecular complexity index is 959. The number of allylic oxidation sites excluding steroid dienone is 1. The van der Waals surface area contributed by atoms with Gasteiger partial charge in [-0.2, -0.15) is 8.42 Å². The van der Waals surface area contributed by atoms with Gasteiger partial charge in [0.25, 0.3) is 0 Å². The molecule has 0 bridgehead atoms. The number of carbonyl (C=O) groups is 1. The molecule has 0 aromatic heterocycles. The second-order valence-corrected chi connectivity index (χ2v) is 9.20. The first kappa shape index (κ1) is 19.0. The van der Waals surface area contributed by atoms with Crippen LogP contribution in [0.4, 0.5) is 0 Å². The van der Waals surface area contributed by atoms with Gasteiger partial charge in [-0.1, -0.05) is 0 Å². The quantitative estimate of drug-likeness (QED) is 0.652. The standard InChI is InChI=1S/C20H24N2O5S/c1-13-9-16(7-8-19(13)26-2)17-10-18(20(23)27-12-15-5-6-15)22(11-14-3-4-14)28(24,25)21-17/h7-10,14-15H,3-6,11-12H2,1-2H3. The summed E-state index contributed by atoms with van der Waals surface area (Å²) in [5.41, 5.74) is 1.74. The summed E-state index contributed by atoms with van der Waals surface area (Å²) in [5.74, 6) is 0.772. The molecule has 8 heteroatoms. The predicted molar refractivity (Wildman–Crippen MR) is 104 cm³/mol. The minimum atomic E-state index is -4.00. The van der Waals surface area contributed by atoms with Gasteiger partial charge in [0, 0.05) is 12.1 Å². The summed E-state index contributed by atoms with van der Waals surface area (Å²) in [6.45, 7) is 2.47. The van der Waals surface area contributed by atoms with E-state index in [1.165, 1.54) is 6.08 Å². The zero-order valence-corrected chi connectivity index (χ0v) is 16.9. The molecule has 2 fully saturated rings. The molecule has 0 spiro atoms. The van der Waals surface area contributed by atoms with Gasteiger partial charge in [0.05, 0.1) is 19.4 Å². The maximum Gasteiger partial charge on any atom is 0.355 e. The van der Waals surface area contributed by atoms with Crippen LogP contribution >= 0.6 is 0 Å². The topological polar surface area (TPSA) is 85.3 Å². The van der Waals surface area contributed by atoms with Crippen LogP contribution < -0.4 is 4.74 Å². The van der Waals surface area contributed by atoms with Crippen LogP contribution in [0.1, 0.15) is 36.8 Å². The third-order valence-electron chi connectivity index (χ3n) is 5.20. The molecule has 0 saturated heterocycles. The van der Waals surface area contributed by atoms with Crippen LogP contribution in [0.15, 0.2) is 34.4 Å². The van der Waals surface area contributed by atoms with E-state index in [-0.39, 0.29) is 23.9 Å². The minimum absolute atomic E-state index is 0.0472. The first-order chi connectivity index (χ1) is 13.4. The fraction of sp³-hybridized carbons (Fsp3) is 0.500. The minimum Gasteiger partial charge on any atom is -0.496 e. The third-order valence-corrected chi connectivity index (χ3v) is 6.53. The maximum absolute atomic E-state index is 12.9. The zero-order chi connectivity index (χ0) is 19.9. The molecule has 0 radical (unpaired) electrons. The average molecular weight is 404 g/mol. The lowest BCUT2D eigenvalue weighted by atomic mass is 10.1. The van der Waals surface area contributed by atoms with E-state index < -0.39 is 16.2 Å². The number of rotatable bonds is 7. The molecule has 0 N–H and O–H groups in total. The predicted octanol–water partition coefficient (Wildman–Crippen LogP) is 2.60. The van der Waals surface area contributed by atoms with Crippen molar-refractivity contribution in [2.75, 3.05) is 20.3 Å². The van der Waals surface area contributed by atoms with E-state index in [2.05, 4.69) is 4.40 Å². The Hall–Kier alpha value is -2.35. The normalized spacial score (nSPS) is 21.0. The summed E-state index contributed by atoms with van der Waals surface area (Å²) in [5, 5.41) is 0. The van der Waals surface area contributed by atoms with Crippen molar-refractivity contribution in [2.45, 2.75) is 32.6 Å². The summed E-state index contributed by atoms with van der Waals surface area (Å²) < 4.78 is 41.5. The first-order valence-corrected chi connectivity index (χ1v) is 10.9. The third kappa shape index (κ3) is 4.06. The monoisotopic (exact) mass is 404 g/mol. The molecule has 2 aliphatic carbocycles. The molecule has 7 nitrogen and oxygen atoms in total. The Morgan fingerprint density at radius 3 is 2.54 bits per heavy atom. The number of hydrogen-bond acceptors (Lipinski definition) is 5. The van der Waals surface area contributed by atoms with Gasteiger partial charge in [-0.25, -0.2) is 9.10 Å². The summed E-state index contributed by atoms with van der Waals surface area (Å²) in [6.07, 6.45) is 5.55. The van der Waals surface area contributed by atoms with Crippen molar-refractivity contribution in [3.8, 4) is 5.75 Å². The highest BCUT2D eigenvalue weighted by atomic mass is 32.2. The van der Waals surface area contributed by atoms with Crippen LogP contribution in [0.3, 0.4) is 0 Å². The second-order valence-electron chi connectivity index (χ2n) is 7.68. The van der Waals surface area contributed by atoms with Crippen LogP contribution in [-0.2, 0) is 19.7 Å². The van der Waals surface area contributed by atoms with Crippen molar-refractivity contribution in [3.05, 3.63) is 41.1 Å². The van der Waals surface area contributed by atoms with Gasteiger partial charge >= 0.3 is 16.2 Å². The van der Waals surface area contributed by atoms with Crippen molar-refractivity contribution in [1.29, 1.82) is 0 Å². The molecular formula is C20H24N2O5S. The first-order valence-electron chi connectivity index (χ1n) is 9.54. The van der Waals surface area contributed by atoms with E-state index in [0.717, 1.165) is 35.6 Å². The molecular weight excluding hydrogens is 380 g/mol. The van der Waals surface area contributed by atoms with Gasteiger partial charge in [0.15, 0.2) is 0 Å². The molecule has 1 aromatic carbocycles. The van der Waals surface area contributed by atoms with E-state index in [9.17, 15) is 13.2 Å². The van der Waals surface area contributed by atoms with Gasteiger partial charge in [-0.3, -0.25) is 0 Å². The molecule has 0 amide bonds. The summed E-state index contributed by atoms with van der Waals surface area (Å²) in [6, 6.07) is 5.29. The molecule has 1 aliphatic heterocycles. The Balaban J connectivity index is 1.68. The molecule has 1 aromatic rings. The summed E-state index contributed by atoms with van der Waals surface area (Å²) in [4.78, 5) is 12.7. The molecule has 2 saturated carbocycles. The van der Waals surface area contributed by atoms with Gasteiger partial charge in [-0.05, 0) is 74.3 Å². The number of methoxy groups -OCH3 is 1. The molecule has 150 valence electrons. The van der Waals surface area contributed by atoms with Crippen LogP contribution in [-0.4, -0.2) is 44.7 Å². The largest absolute Gasteiger partial charge is 0.496 e. The van der Waals surface area contributed by atoms with Crippen LogP contribution in [0.25, 0.3) is 0 Å². The van der Waals surface area contributed by atoms with E-state index >= 15 is 0 Å². The number of benzene rings is 1. The number of aryl methyl sites for hydroxylation is 1. The molecule has 4 rings (SSSR count). The Morgan fingerprint density at radius 1 is 1.21 bits per heavy atom. The Labute approximate surface area is 165 Å². The molecule has 0 atom stereocenters. The fourth-order valence-corrected chi connectivity index (χ4v) is 4.42. The molecule has 28 heavy (non-hydrogen) atoms.